The van der Waals surface area contributed by atoms with E-state index in [9.17, 15) is 9.59 Å². The largest absolute Gasteiger partial charge is 0.491 e. The van der Waals surface area contributed by atoms with Crippen molar-refractivity contribution >= 4 is 34.8 Å². The molecule has 1 atom stereocenters. The highest BCUT2D eigenvalue weighted by Crippen LogP contribution is 2.34. The van der Waals surface area contributed by atoms with Crippen molar-refractivity contribution in [2.75, 3.05) is 26.2 Å². The summed E-state index contributed by atoms with van der Waals surface area (Å²) in [5.74, 6) is 0.876. The lowest BCUT2D eigenvalue weighted by Gasteiger charge is -2.37. The number of fused-ring (bicyclic) bond motifs is 1. The molecule has 1 aliphatic rings. The number of thiophene rings is 1. The van der Waals surface area contributed by atoms with E-state index in [0.29, 0.717) is 30.6 Å². The highest BCUT2D eigenvalue weighted by molar-refractivity contribution is 7.10. The van der Waals surface area contributed by atoms with Crippen molar-refractivity contribution in [1.29, 1.82) is 0 Å². The minimum absolute atomic E-state index is 0.0183. The average molecular weight is 477 g/mol. The zero-order chi connectivity index (χ0) is 23.4. The van der Waals surface area contributed by atoms with E-state index in [1.807, 2.05) is 43.9 Å². The van der Waals surface area contributed by atoms with Gasteiger partial charge in [0, 0.05) is 28.9 Å². The fourth-order valence-electron chi connectivity index (χ4n) is 4.05. The van der Waals surface area contributed by atoms with Crippen molar-refractivity contribution < 1.29 is 14.3 Å². The number of carbonyl (C=O) groups excluding carboxylic acids is 2. The van der Waals surface area contributed by atoms with Crippen LogP contribution in [0.5, 0.6) is 5.75 Å². The zero-order valence-corrected chi connectivity index (χ0v) is 21.1. The molecule has 0 radical (unpaired) electrons. The Morgan fingerprint density at radius 3 is 2.66 bits per heavy atom. The molecule has 1 unspecified atom stereocenters. The normalized spacial score (nSPS) is 15.8. The highest BCUT2D eigenvalue weighted by Gasteiger charge is 2.34. The van der Waals surface area contributed by atoms with Crippen LogP contribution in [0.2, 0.25) is 5.02 Å². The van der Waals surface area contributed by atoms with Crippen LogP contribution in [-0.2, 0) is 16.0 Å². The molecular formula is C25H33ClN2O3S. The Morgan fingerprint density at radius 1 is 1.25 bits per heavy atom. The van der Waals surface area contributed by atoms with Crippen LogP contribution in [-0.4, -0.2) is 47.9 Å². The second-order valence-electron chi connectivity index (χ2n) is 9.14. The minimum Gasteiger partial charge on any atom is -0.491 e. The Bertz CT molecular complexity index is 956. The van der Waals surface area contributed by atoms with Gasteiger partial charge in [-0.05, 0) is 60.0 Å². The molecule has 1 aromatic carbocycles. The molecule has 0 N–H and O–H groups in total. The van der Waals surface area contributed by atoms with Crippen LogP contribution in [0.3, 0.4) is 0 Å². The Balaban J connectivity index is 1.78. The fraction of sp³-hybridized carbons (Fsp3) is 0.520. The number of amides is 2. The quantitative estimate of drug-likeness (QED) is 0.515. The van der Waals surface area contributed by atoms with Crippen LogP contribution in [0, 0.1) is 18.8 Å². The summed E-state index contributed by atoms with van der Waals surface area (Å²) < 4.78 is 6.11. The molecule has 2 aromatic rings. The molecular weight excluding hydrogens is 444 g/mol. The number of carbonyl (C=O) groups is 2. The van der Waals surface area contributed by atoms with E-state index in [0.717, 1.165) is 23.3 Å². The van der Waals surface area contributed by atoms with Crippen molar-refractivity contribution in [3.8, 4) is 5.75 Å². The molecule has 0 bridgehead atoms. The van der Waals surface area contributed by atoms with Crippen molar-refractivity contribution in [3.05, 3.63) is 50.7 Å². The maximum Gasteiger partial charge on any atom is 0.242 e. The number of hydrogen-bond acceptors (Lipinski definition) is 4. The van der Waals surface area contributed by atoms with E-state index in [-0.39, 0.29) is 30.3 Å². The lowest BCUT2D eigenvalue weighted by Crippen LogP contribution is -2.49. The van der Waals surface area contributed by atoms with Gasteiger partial charge < -0.3 is 14.5 Å². The number of ether oxygens (including phenoxy) is 1. The average Bonchev–Trinajstić information content (AvgIpc) is 3.21. The first kappa shape index (κ1) is 24.6. The Morgan fingerprint density at radius 2 is 2.00 bits per heavy atom. The number of halogens is 1. The number of rotatable bonds is 8. The number of hydrogen-bond donors (Lipinski definition) is 0. The van der Waals surface area contributed by atoms with Crippen LogP contribution < -0.4 is 4.74 Å². The highest BCUT2D eigenvalue weighted by atomic mass is 35.5. The predicted octanol–water partition coefficient (Wildman–Crippen LogP) is 5.36. The van der Waals surface area contributed by atoms with Crippen molar-refractivity contribution in [3.63, 3.8) is 0 Å². The Labute approximate surface area is 200 Å². The Kier molecular flexibility index (Phi) is 8.23. The molecule has 0 fully saturated rings. The summed E-state index contributed by atoms with van der Waals surface area (Å²) >= 11 is 7.86. The minimum atomic E-state index is -0.177. The van der Waals surface area contributed by atoms with E-state index in [1.165, 1.54) is 4.88 Å². The number of nitrogens with zero attached hydrogens (tertiary/aromatic N) is 2. The molecule has 0 aliphatic carbocycles. The Hall–Kier alpha value is -2.05. The zero-order valence-electron chi connectivity index (χ0n) is 19.6. The summed E-state index contributed by atoms with van der Waals surface area (Å²) in [5, 5.41) is 2.78. The summed E-state index contributed by atoms with van der Waals surface area (Å²) in [4.78, 5) is 31.1. The maximum absolute atomic E-state index is 13.4. The van der Waals surface area contributed by atoms with Crippen LogP contribution in [0.15, 0.2) is 29.6 Å². The molecule has 0 spiro atoms. The van der Waals surface area contributed by atoms with Crippen molar-refractivity contribution in [1.82, 2.24) is 9.80 Å². The number of aryl methyl sites for hydroxylation is 1. The van der Waals surface area contributed by atoms with E-state index < -0.39 is 0 Å². The third-order valence-electron chi connectivity index (χ3n) is 5.67. The van der Waals surface area contributed by atoms with Gasteiger partial charge in [0.05, 0.1) is 12.6 Å². The van der Waals surface area contributed by atoms with Gasteiger partial charge in [-0.3, -0.25) is 9.59 Å². The summed E-state index contributed by atoms with van der Waals surface area (Å²) in [6.45, 7) is 11.5. The molecule has 1 aromatic heterocycles. The molecule has 5 nitrogen and oxygen atoms in total. The second-order valence-corrected chi connectivity index (χ2v) is 10.5. The molecule has 32 heavy (non-hydrogen) atoms. The SMILES string of the molecule is Cc1cc(OCC2c3ccsc3CCN2C(=O)CN(CC(C)C)C(=O)C(C)C)ccc1Cl. The van der Waals surface area contributed by atoms with Crippen LogP contribution in [0.25, 0.3) is 0 Å². The first-order valence-corrected chi connectivity index (χ1v) is 12.5. The molecule has 0 saturated carbocycles. The molecule has 0 saturated heterocycles. The van der Waals surface area contributed by atoms with Gasteiger partial charge in [0.25, 0.3) is 0 Å². The summed E-state index contributed by atoms with van der Waals surface area (Å²) in [5.41, 5.74) is 2.10. The molecule has 2 heterocycles. The second kappa shape index (κ2) is 10.7. The lowest BCUT2D eigenvalue weighted by atomic mass is 10.00. The van der Waals surface area contributed by atoms with E-state index in [1.54, 1.807) is 16.2 Å². The maximum atomic E-state index is 13.4. The predicted molar refractivity (Wildman–Crippen MR) is 130 cm³/mol. The topological polar surface area (TPSA) is 49.9 Å². The van der Waals surface area contributed by atoms with Gasteiger partial charge in [-0.15, -0.1) is 11.3 Å². The number of benzene rings is 1. The van der Waals surface area contributed by atoms with Gasteiger partial charge in [-0.25, -0.2) is 0 Å². The third kappa shape index (κ3) is 5.84. The van der Waals surface area contributed by atoms with Crippen molar-refractivity contribution in [2.24, 2.45) is 11.8 Å². The monoisotopic (exact) mass is 476 g/mol. The third-order valence-corrected chi connectivity index (χ3v) is 7.09. The van der Waals surface area contributed by atoms with Crippen LogP contribution >= 0.6 is 22.9 Å². The van der Waals surface area contributed by atoms with E-state index >= 15 is 0 Å². The van der Waals surface area contributed by atoms with Crippen LogP contribution in [0.4, 0.5) is 0 Å². The molecule has 174 valence electrons. The molecule has 2 amide bonds. The summed E-state index contributed by atoms with van der Waals surface area (Å²) in [6.07, 6.45) is 0.831. The first-order chi connectivity index (χ1) is 15.2. The molecule has 3 rings (SSSR count). The smallest absolute Gasteiger partial charge is 0.242 e. The molecule has 7 heteroatoms. The van der Waals surface area contributed by atoms with Gasteiger partial charge in [0.1, 0.15) is 12.4 Å². The lowest BCUT2D eigenvalue weighted by molar-refractivity contribution is -0.144. The fourth-order valence-corrected chi connectivity index (χ4v) is 5.09. The summed E-state index contributed by atoms with van der Waals surface area (Å²) in [6, 6.07) is 7.50. The summed E-state index contributed by atoms with van der Waals surface area (Å²) in [7, 11) is 0. The first-order valence-electron chi connectivity index (χ1n) is 11.2. The van der Waals surface area contributed by atoms with Gasteiger partial charge >= 0.3 is 0 Å². The van der Waals surface area contributed by atoms with E-state index in [2.05, 4.69) is 25.3 Å². The molecule has 1 aliphatic heterocycles. The van der Waals surface area contributed by atoms with Gasteiger partial charge in [-0.1, -0.05) is 39.3 Å². The van der Waals surface area contributed by atoms with Crippen LogP contribution in [0.1, 0.15) is 49.7 Å². The van der Waals surface area contributed by atoms with Gasteiger partial charge in [0.15, 0.2) is 0 Å². The van der Waals surface area contributed by atoms with E-state index in [4.69, 9.17) is 16.3 Å². The standard InChI is InChI=1S/C25H33ClN2O3S/c1-16(2)13-27(25(30)17(3)4)14-24(29)28-10-8-23-20(9-11-32-23)22(28)15-31-19-6-7-21(26)18(5)12-19/h6-7,9,11-12,16-17,22H,8,10,13-15H2,1-5H3. The van der Waals surface area contributed by atoms with Gasteiger partial charge in [0.2, 0.25) is 11.8 Å². The van der Waals surface area contributed by atoms with Gasteiger partial charge in [-0.2, -0.15) is 0 Å². The van der Waals surface area contributed by atoms with Crippen molar-refractivity contribution in [2.45, 2.75) is 47.1 Å².